The third kappa shape index (κ3) is 3.22. The van der Waals surface area contributed by atoms with Gasteiger partial charge in [0.15, 0.2) is 0 Å². The Morgan fingerprint density at radius 2 is 1.81 bits per heavy atom. The molecule has 8 heteroatoms. The van der Waals surface area contributed by atoms with Crippen molar-refractivity contribution in [2.75, 3.05) is 25.0 Å². The lowest BCUT2D eigenvalue weighted by Gasteiger charge is -2.44. The number of benzene rings is 2. The van der Waals surface area contributed by atoms with E-state index in [2.05, 4.69) is 5.32 Å². The Kier molecular flexibility index (Phi) is 4.25. The van der Waals surface area contributed by atoms with E-state index in [1.54, 1.807) is 11.0 Å². The number of hydrogen-bond acceptors (Lipinski definition) is 2. The third-order valence-electron chi connectivity index (χ3n) is 4.96. The molecule has 0 aliphatic carbocycles. The van der Waals surface area contributed by atoms with Crippen LogP contribution in [0.5, 0.6) is 0 Å². The van der Waals surface area contributed by atoms with Crippen LogP contribution in [-0.4, -0.2) is 41.4 Å². The zero-order chi connectivity index (χ0) is 19.1. The molecule has 1 atom stereocenters. The zero-order valence-electron chi connectivity index (χ0n) is 14.2. The number of rotatable bonds is 1. The van der Waals surface area contributed by atoms with Gasteiger partial charge in [-0.15, -0.1) is 0 Å². The second-order valence-corrected chi connectivity index (χ2v) is 6.63. The van der Waals surface area contributed by atoms with Crippen LogP contribution in [-0.2, 0) is 11.2 Å². The maximum Gasteiger partial charge on any atom is 0.322 e. The molecule has 0 radical (unpaired) electrons. The number of urea groups is 1. The molecule has 140 valence electrons. The van der Waals surface area contributed by atoms with Gasteiger partial charge in [0.2, 0.25) is 5.91 Å². The number of amides is 3. The summed E-state index contributed by atoms with van der Waals surface area (Å²) in [7, 11) is 0. The Hall–Kier alpha value is -3.03. The van der Waals surface area contributed by atoms with Crippen molar-refractivity contribution >= 4 is 17.6 Å². The molecule has 0 spiro atoms. The van der Waals surface area contributed by atoms with Crippen molar-refractivity contribution < 1.29 is 22.8 Å². The number of hydrogen-bond donors (Lipinski definition) is 1. The molecule has 2 heterocycles. The lowest BCUT2D eigenvalue weighted by atomic mass is 9.90. The first-order valence-electron chi connectivity index (χ1n) is 8.51. The topological polar surface area (TPSA) is 52.7 Å². The molecule has 27 heavy (non-hydrogen) atoms. The quantitative estimate of drug-likeness (QED) is 0.833. The highest BCUT2D eigenvalue weighted by molar-refractivity contribution is 5.93. The number of anilines is 1. The van der Waals surface area contributed by atoms with Crippen molar-refractivity contribution in [3.05, 3.63) is 65.0 Å². The first-order chi connectivity index (χ1) is 12.9. The van der Waals surface area contributed by atoms with Crippen molar-refractivity contribution in [3.8, 4) is 0 Å². The summed E-state index contributed by atoms with van der Waals surface area (Å²) in [4.78, 5) is 27.9. The molecular weight excluding hydrogens is 359 g/mol. The Labute approximate surface area is 153 Å². The van der Waals surface area contributed by atoms with E-state index in [1.165, 1.54) is 17.0 Å². The minimum Gasteiger partial charge on any atom is -0.332 e. The summed E-state index contributed by atoms with van der Waals surface area (Å²) in [6.07, 6.45) is 0.624. The van der Waals surface area contributed by atoms with Crippen LogP contribution in [0.3, 0.4) is 0 Å². The number of halogens is 3. The second-order valence-electron chi connectivity index (χ2n) is 6.63. The summed E-state index contributed by atoms with van der Waals surface area (Å²) in [5, 5.41) is 2.30. The van der Waals surface area contributed by atoms with Gasteiger partial charge >= 0.3 is 6.03 Å². The van der Waals surface area contributed by atoms with Crippen LogP contribution in [0.25, 0.3) is 0 Å². The summed E-state index contributed by atoms with van der Waals surface area (Å²) in [6.45, 7) is 0.463. The van der Waals surface area contributed by atoms with Gasteiger partial charge in [-0.25, -0.2) is 18.0 Å². The Bertz CT molecular complexity index is 934. The van der Waals surface area contributed by atoms with E-state index in [-0.39, 0.29) is 24.7 Å². The zero-order valence-corrected chi connectivity index (χ0v) is 14.2. The molecule has 0 aromatic heterocycles. The summed E-state index contributed by atoms with van der Waals surface area (Å²) < 4.78 is 40.8. The van der Waals surface area contributed by atoms with Gasteiger partial charge in [-0.2, -0.15) is 0 Å². The standard InChI is InChI=1S/C19H16F3N3O2/c20-12-2-1-11-5-6-25-17(14(11)7-12)9-24(10-18(25)26)19(27)23-16-8-13(21)3-4-15(16)22/h1-4,7-8,17H,5-6,9-10H2,(H,23,27). The Morgan fingerprint density at radius 1 is 1.07 bits per heavy atom. The monoisotopic (exact) mass is 375 g/mol. The van der Waals surface area contributed by atoms with Crippen molar-refractivity contribution in [2.24, 2.45) is 0 Å². The highest BCUT2D eigenvalue weighted by Crippen LogP contribution is 2.33. The van der Waals surface area contributed by atoms with E-state index in [0.717, 1.165) is 23.8 Å². The van der Waals surface area contributed by atoms with Gasteiger partial charge in [-0.3, -0.25) is 4.79 Å². The minimum absolute atomic E-state index is 0.144. The second kappa shape index (κ2) is 6.61. The highest BCUT2D eigenvalue weighted by atomic mass is 19.1. The van der Waals surface area contributed by atoms with Crippen LogP contribution in [0.2, 0.25) is 0 Å². The van der Waals surface area contributed by atoms with Crippen LogP contribution in [0, 0.1) is 17.5 Å². The van der Waals surface area contributed by atoms with Crippen molar-refractivity contribution in [3.63, 3.8) is 0 Å². The maximum absolute atomic E-state index is 13.8. The molecule has 1 saturated heterocycles. The van der Waals surface area contributed by atoms with Gasteiger partial charge in [-0.1, -0.05) is 6.07 Å². The number of nitrogens with one attached hydrogen (secondary N) is 1. The lowest BCUT2D eigenvalue weighted by molar-refractivity contribution is -0.139. The average Bonchev–Trinajstić information content (AvgIpc) is 2.64. The van der Waals surface area contributed by atoms with Crippen LogP contribution >= 0.6 is 0 Å². The third-order valence-corrected chi connectivity index (χ3v) is 4.96. The van der Waals surface area contributed by atoms with Crippen molar-refractivity contribution in [1.29, 1.82) is 0 Å². The fourth-order valence-corrected chi connectivity index (χ4v) is 3.63. The van der Waals surface area contributed by atoms with Crippen LogP contribution in [0.4, 0.5) is 23.7 Å². The van der Waals surface area contributed by atoms with E-state index >= 15 is 0 Å². The smallest absolute Gasteiger partial charge is 0.322 e. The molecule has 3 amide bonds. The SMILES string of the molecule is O=C(Nc1cc(F)ccc1F)N1CC(=O)N2CCc3ccc(F)cc3C2C1. The molecule has 1 N–H and O–H groups in total. The first-order valence-corrected chi connectivity index (χ1v) is 8.51. The molecule has 2 aliphatic heterocycles. The summed E-state index contributed by atoms with van der Waals surface area (Å²) in [5.41, 5.74) is 1.30. The van der Waals surface area contributed by atoms with Gasteiger partial charge in [0.05, 0.1) is 11.7 Å². The van der Waals surface area contributed by atoms with Crippen LogP contribution in [0.15, 0.2) is 36.4 Å². The summed E-state index contributed by atoms with van der Waals surface area (Å²) in [6, 6.07) is 5.99. The van der Waals surface area contributed by atoms with Crippen LogP contribution in [0.1, 0.15) is 17.2 Å². The lowest BCUT2D eigenvalue weighted by Crippen LogP contribution is -2.56. The molecule has 2 aromatic rings. The van der Waals surface area contributed by atoms with Crippen molar-refractivity contribution in [2.45, 2.75) is 12.5 Å². The van der Waals surface area contributed by atoms with Gasteiger partial charge in [-0.05, 0) is 41.8 Å². The van der Waals surface area contributed by atoms with Gasteiger partial charge < -0.3 is 15.1 Å². The van der Waals surface area contributed by atoms with Crippen molar-refractivity contribution in [1.82, 2.24) is 9.80 Å². The van der Waals surface area contributed by atoms with Gasteiger partial charge in [0, 0.05) is 19.2 Å². The number of carbonyl (C=O) groups is 2. The van der Waals surface area contributed by atoms with E-state index in [4.69, 9.17) is 0 Å². The highest BCUT2D eigenvalue weighted by Gasteiger charge is 2.38. The molecule has 2 aliphatic rings. The Balaban J connectivity index is 1.58. The number of piperazine rings is 1. The average molecular weight is 375 g/mol. The summed E-state index contributed by atoms with van der Waals surface area (Å²) >= 11 is 0. The van der Waals surface area contributed by atoms with Gasteiger partial charge in [0.25, 0.3) is 0 Å². The molecular formula is C19H16F3N3O2. The normalized spacial score (nSPS) is 18.8. The fraction of sp³-hybridized carbons (Fsp3) is 0.263. The molecule has 1 unspecified atom stereocenters. The minimum atomic E-state index is -0.778. The van der Waals surface area contributed by atoms with E-state index < -0.39 is 29.5 Å². The molecule has 0 bridgehead atoms. The molecule has 2 aromatic carbocycles. The van der Waals surface area contributed by atoms with Gasteiger partial charge in [0.1, 0.15) is 24.0 Å². The fourth-order valence-electron chi connectivity index (χ4n) is 3.63. The van der Waals surface area contributed by atoms with E-state index in [9.17, 15) is 22.8 Å². The number of nitrogens with zero attached hydrogens (tertiary/aromatic N) is 2. The number of carbonyl (C=O) groups excluding carboxylic acids is 2. The van der Waals surface area contributed by atoms with E-state index in [1.807, 2.05) is 0 Å². The van der Waals surface area contributed by atoms with E-state index in [0.29, 0.717) is 18.5 Å². The predicted molar refractivity (Wildman–Crippen MR) is 91.5 cm³/mol. The van der Waals surface area contributed by atoms with Crippen LogP contribution < -0.4 is 5.32 Å². The molecule has 4 rings (SSSR count). The summed E-state index contributed by atoms with van der Waals surface area (Å²) in [5.74, 6) is -2.15. The maximum atomic E-state index is 13.8. The predicted octanol–water partition coefficient (Wildman–Crippen LogP) is 3.08. The largest absolute Gasteiger partial charge is 0.332 e. The first kappa shape index (κ1) is 17.4. The Morgan fingerprint density at radius 3 is 2.63 bits per heavy atom. The molecule has 1 fully saturated rings. The number of fused-ring (bicyclic) bond motifs is 3. The molecule has 5 nitrogen and oxygen atoms in total. The molecule has 0 saturated carbocycles.